The fraction of sp³-hybridized carbons (Fsp3) is 0.429. The van der Waals surface area contributed by atoms with Crippen LogP contribution in [0.15, 0.2) is 18.3 Å². The van der Waals surface area contributed by atoms with Crippen LogP contribution in [0.25, 0.3) is 5.57 Å². The number of halogens is 1. The van der Waals surface area contributed by atoms with E-state index in [-0.39, 0.29) is 0 Å². The fourth-order valence-corrected chi connectivity index (χ4v) is 3.17. The minimum Gasteiger partial charge on any atom is -0.316 e. The summed E-state index contributed by atoms with van der Waals surface area (Å²) in [6.07, 6.45) is 6.45. The van der Waals surface area contributed by atoms with Crippen LogP contribution in [-0.4, -0.2) is 18.1 Å². The van der Waals surface area contributed by atoms with E-state index >= 15 is 0 Å². The van der Waals surface area contributed by atoms with Gasteiger partial charge in [-0.3, -0.25) is 0 Å². The van der Waals surface area contributed by atoms with Crippen molar-refractivity contribution in [1.82, 2.24) is 10.3 Å². The number of pyridine rings is 1. The van der Waals surface area contributed by atoms with E-state index in [9.17, 15) is 0 Å². The van der Waals surface area contributed by atoms with Crippen LogP contribution < -0.4 is 5.32 Å². The van der Waals surface area contributed by atoms with E-state index < -0.39 is 0 Å². The van der Waals surface area contributed by atoms with Crippen molar-refractivity contribution in [1.29, 1.82) is 5.26 Å². The number of hydrogen-bond donors (Lipinski definition) is 1. The van der Waals surface area contributed by atoms with Crippen LogP contribution in [0.3, 0.4) is 0 Å². The molecule has 1 aromatic rings. The second-order valence-corrected chi connectivity index (χ2v) is 5.29. The highest BCUT2D eigenvalue weighted by atomic mass is 35.5. The number of fused-ring (bicyclic) bond motifs is 1. The summed E-state index contributed by atoms with van der Waals surface area (Å²) in [7, 11) is 0. The van der Waals surface area contributed by atoms with E-state index in [4.69, 9.17) is 16.9 Å². The average Bonchev–Trinajstić information content (AvgIpc) is 2.87. The van der Waals surface area contributed by atoms with E-state index in [1.807, 2.05) is 6.07 Å². The normalized spacial score (nSPS) is 26.3. The molecule has 4 heteroatoms. The molecule has 0 amide bonds. The lowest BCUT2D eigenvalue weighted by atomic mass is 9.78. The highest BCUT2D eigenvalue weighted by Gasteiger charge is 2.32. The molecule has 3 nitrogen and oxygen atoms in total. The third kappa shape index (κ3) is 1.92. The number of nitrogens with zero attached hydrogens (tertiary/aromatic N) is 2. The first-order valence-electron chi connectivity index (χ1n) is 6.26. The van der Waals surface area contributed by atoms with E-state index in [1.165, 1.54) is 12.0 Å². The molecule has 3 rings (SSSR count). The van der Waals surface area contributed by atoms with E-state index in [0.717, 1.165) is 31.0 Å². The Bertz CT molecular complexity index is 544. The Balaban J connectivity index is 1.99. The highest BCUT2D eigenvalue weighted by molar-refractivity contribution is 6.30. The van der Waals surface area contributed by atoms with Crippen molar-refractivity contribution >= 4 is 17.2 Å². The lowest BCUT2D eigenvalue weighted by Gasteiger charge is -2.26. The number of rotatable bonds is 1. The van der Waals surface area contributed by atoms with Crippen molar-refractivity contribution in [3.05, 3.63) is 34.6 Å². The Hall–Kier alpha value is -1.37. The van der Waals surface area contributed by atoms with E-state index in [2.05, 4.69) is 22.4 Å². The molecular formula is C14H14ClN3. The van der Waals surface area contributed by atoms with Crippen LogP contribution in [0, 0.1) is 23.2 Å². The standard InChI is InChI=1S/C14H14ClN3/c15-14-10(5-16)4-11(7-18-14)12-3-1-2-9-6-17-8-13(9)12/h3-4,7,9,13,17H,1-2,6,8H2/t9-,13+/m1/s1. The molecule has 18 heavy (non-hydrogen) atoms. The van der Waals surface area contributed by atoms with Crippen molar-refractivity contribution in [2.24, 2.45) is 11.8 Å². The van der Waals surface area contributed by atoms with Crippen LogP contribution in [-0.2, 0) is 0 Å². The summed E-state index contributed by atoms with van der Waals surface area (Å²) in [6.45, 7) is 2.13. The van der Waals surface area contributed by atoms with Gasteiger partial charge in [0.2, 0.25) is 0 Å². The third-order valence-corrected chi connectivity index (χ3v) is 4.24. The molecule has 1 N–H and O–H groups in total. The number of allylic oxidation sites excluding steroid dienone is 1. The van der Waals surface area contributed by atoms with Gasteiger partial charge in [-0.15, -0.1) is 0 Å². The smallest absolute Gasteiger partial charge is 0.146 e. The molecule has 2 aliphatic rings. The molecule has 0 aromatic carbocycles. The third-order valence-electron chi connectivity index (χ3n) is 3.93. The molecular weight excluding hydrogens is 246 g/mol. The van der Waals surface area contributed by atoms with Gasteiger partial charge in [0.15, 0.2) is 0 Å². The second-order valence-electron chi connectivity index (χ2n) is 4.94. The summed E-state index contributed by atoms with van der Waals surface area (Å²) in [4.78, 5) is 4.12. The van der Waals surface area contributed by atoms with Crippen molar-refractivity contribution in [2.45, 2.75) is 12.8 Å². The Kier molecular flexibility index (Phi) is 3.07. The predicted octanol–water partition coefficient (Wildman–Crippen LogP) is 2.62. The average molecular weight is 260 g/mol. The predicted molar refractivity (Wildman–Crippen MR) is 71.0 cm³/mol. The molecule has 1 saturated heterocycles. The van der Waals surface area contributed by atoms with Gasteiger partial charge in [0.1, 0.15) is 11.2 Å². The van der Waals surface area contributed by atoms with E-state index in [0.29, 0.717) is 16.6 Å². The van der Waals surface area contributed by atoms with Gasteiger partial charge in [0, 0.05) is 18.7 Å². The Morgan fingerprint density at radius 1 is 1.44 bits per heavy atom. The summed E-state index contributed by atoms with van der Waals surface area (Å²) in [5.74, 6) is 1.29. The van der Waals surface area contributed by atoms with Gasteiger partial charge in [-0.2, -0.15) is 5.26 Å². The number of hydrogen-bond acceptors (Lipinski definition) is 3. The van der Waals surface area contributed by atoms with Crippen LogP contribution in [0.5, 0.6) is 0 Å². The van der Waals surface area contributed by atoms with Crippen molar-refractivity contribution in [3.8, 4) is 6.07 Å². The summed E-state index contributed by atoms with van der Waals surface area (Å²) in [5, 5.41) is 12.8. The Morgan fingerprint density at radius 2 is 2.33 bits per heavy atom. The van der Waals surface area contributed by atoms with Gasteiger partial charge >= 0.3 is 0 Å². The monoisotopic (exact) mass is 259 g/mol. The first-order valence-corrected chi connectivity index (χ1v) is 6.64. The SMILES string of the molecule is N#Cc1cc(C2=CCC[C@@H]3CNC[C@H]23)cnc1Cl. The Labute approximate surface area is 111 Å². The maximum Gasteiger partial charge on any atom is 0.146 e. The van der Waals surface area contributed by atoms with Crippen molar-refractivity contribution in [2.75, 3.05) is 13.1 Å². The van der Waals surface area contributed by atoms with Crippen LogP contribution in [0.1, 0.15) is 24.0 Å². The minimum absolute atomic E-state index is 0.291. The highest BCUT2D eigenvalue weighted by Crippen LogP contribution is 2.38. The first kappa shape index (κ1) is 11.7. The molecule has 0 saturated carbocycles. The van der Waals surface area contributed by atoms with Gasteiger partial charge in [-0.25, -0.2) is 4.98 Å². The van der Waals surface area contributed by atoms with Crippen LogP contribution >= 0.6 is 11.6 Å². The molecule has 1 aliphatic heterocycles. The maximum atomic E-state index is 9.02. The maximum absolute atomic E-state index is 9.02. The lowest BCUT2D eigenvalue weighted by molar-refractivity contribution is 0.454. The molecule has 0 radical (unpaired) electrons. The molecule has 1 aliphatic carbocycles. The molecule has 0 unspecified atom stereocenters. The molecule has 92 valence electrons. The lowest BCUT2D eigenvalue weighted by Crippen LogP contribution is -2.18. The minimum atomic E-state index is 0.291. The molecule has 1 fully saturated rings. The van der Waals surface area contributed by atoms with Crippen LogP contribution in [0.2, 0.25) is 5.15 Å². The van der Waals surface area contributed by atoms with Gasteiger partial charge in [0.05, 0.1) is 5.56 Å². The largest absolute Gasteiger partial charge is 0.316 e. The summed E-state index contributed by atoms with van der Waals surface area (Å²) in [6, 6.07) is 3.96. The quantitative estimate of drug-likeness (QED) is 0.789. The van der Waals surface area contributed by atoms with E-state index in [1.54, 1.807) is 6.20 Å². The number of nitrogens with one attached hydrogen (secondary N) is 1. The van der Waals surface area contributed by atoms with Gasteiger partial charge in [0.25, 0.3) is 0 Å². The number of nitriles is 1. The Morgan fingerprint density at radius 3 is 3.17 bits per heavy atom. The van der Waals surface area contributed by atoms with Gasteiger partial charge in [-0.1, -0.05) is 17.7 Å². The van der Waals surface area contributed by atoms with Crippen LogP contribution in [0.4, 0.5) is 0 Å². The summed E-state index contributed by atoms with van der Waals surface area (Å²) >= 11 is 5.88. The van der Waals surface area contributed by atoms with Crippen molar-refractivity contribution in [3.63, 3.8) is 0 Å². The topological polar surface area (TPSA) is 48.7 Å². The van der Waals surface area contributed by atoms with Crippen molar-refractivity contribution < 1.29 is 0 Å². The second kappa shape index (κ2) is 4.72. The zero-order chi connectivity index (χ0) is 12.5. The summed E-state index contributed by atoms with van der Waals surface area (Å²) < 4.78 is 0. The first-order chi connectivity index (χ1) is 8.79. The number of aromatic nitrogens is 1. The zero-order valence-corrected chi connectivity index (χ0v) is 10.7. The molecule has 1 aromatic heterocycles. The molecule has 2 atom stereocenters. The summed E-state index contributed by atoms with van der Waals surface area (Å²) in [5.41, 5.74) is 2.84. The zero-order valence-electron chi connectivity index (χ0n) is 9.99. The molecule has 0 spiro atoms. The molecule has 2 heterocycles. The fourth-order valence-electron chi connectivity index (χ4n) is 3.02. The van der Waals surface area contributed by atoms with Gasteiger partial charge < -0.3 is 5.32 Å². The van der Waals surface area contributed by atoms with Gasteiger partial charge in [-0.05, 0) is 42.5 Å². The molecule has 0 bridgehead atoms.